The number of aromatic nitrogens is 3. The topological polar surface area (TPSA) is 93.9 Å². The molecule has 0 aliphatic carbocycles. The summed E-state index contributed by atoms with van der Waals surface area (Å²) in [6, 6.07) is 7.81. The highest BCUT2D eigenvalue weighted by Gasteiger charge is 2.28. The second-order valence-electron chi connectivity index (χ2n) is 5.41. The third-order valence-corrected chi connectivity index (χ3v) is 5.49. The first-order chi connectivity index (χ1) is 12.3. The number of pyridine rings is 1. The van der Waals surface area contributed by atoms with Gasteiger partial charge in [-0.3, -0.25) is 13.5 Å². The van der Waals surface area contributed by atoms with Gasteiger partial charge in [-0.1, -0.05) is 6.07 Å². The van der Waals surface area contributed by atoms with E-state index in [4.69, 9.17) is 0 Å². The van der Waals surface area contributed by atoms with Crippen LogP contribution in [0.1, 0.15) is 5.82 Å². The SMILES string of the molecule is COC(=O)CN(c1cccc(F)c1)S(=O)(=O)c1ccc2nnc(C)n2c1. The highest BCUT2D eigenvalue weighted by Crippen LogP contribution is 2.24. The van der Waals surface area contributed by atoms with E-state index in [9.17, 15) is 17.6 Å². The van der Waals surface area contributed by atoms with E-state index < -0.39 is 28.4 Å². The molecule has 0 saturated carbocycles. The maximum atomic E-state index is 13.6. The molecular weight excluding hydrogens is 363 g/mol. The monoisotopic (exact) mass is 378 g/mol. The Balaban J connectivity index is 2.13. The van der Waals surface area contributed by atoms with Gasteiger partial charge in [-0.2, -0.15) is 0 Å². The van der Waals surface area contributed by atoms with Crippen molar-refractivity contribution in [2.75, 3.05) is 18.0 Å². The minimum atomic E-state index is -4.17. The molecule has 0 aliphatic rings. The third kappa shape index (κ3) is 3.23. The van der Waals surface area contributed by atoms with Crippen LogP contribution in [0.15, 0.2) is 47.5 Å². The number of methoxy groups -OCH3 is 1. The number of sulfonamides is 1. The second kappa shape index (κ2) is 6.71. The minimum Gasteiger partial charge on any atom is -0.468 e. The molecule has 2 aromatic heterocycles. The zero-order valence-electron chi connectivity index (χ0n) is 14.0. The molecule has 0 aliphatic heterocycles. The molecule has 0 amide bonds. The predicted octanol–water partition coefficient (Wildman–Crippen LogP) is 1.55. The van der Waals surface area contributed by atoms with E-state index in [1.54, 1.807) is 6.92 Å². The van der Waals surface area contributed by atoms with E-state index in [0.29, 0.717) is 11.5 Å². The lowest BCUT2D eigenvalue weighted by atomic mass is 10.3. The number of carbonyl (C=O) groups excluding carboxylic acids is 1. The Kier molecular flexibility index (Phi) is 4.60. The van der Waals surface area contributed by atoms with Crippen molar-refractivity contribution in [2.24, 2.45) is 0 Å². The average molecular weight is 378 g/mol. The van der Waals surface area contributed by atoms with Crippen molar-refractivity contribution < 1.29 is 22.3 Å². The first-order valence-electron chi connectivity index (χ1n) is 7.49. The lowest BCUT2D eigenvalue weighted by Crippen LogP contribution is -2.36. The first kappa shape index (κ1) is 17.8. The zero-order chi connectivity index (χ0) is 18.9. The van der Waals surface area contributed by atoms with Crippen molar-refractivity contribution in [1.29, 1.82) is 0 Å². The van der Waals surface area contributed by atoms with Gasteiger partial charge in [0, 0.05) is 6.20 Å². The van der Waals surface area contributed by atoms with Crippen LogP contribution in [-0.4, -0.2) is 42.6 Å². The van der Waals surface area contributed by atoms with Crippen molar-refractivity contribution in [3.8, 4) is 0 Å². The summed E-state index contributed by atoms with van der Waals surface area (Å²) in [5.74, 6) is -0.903. The van der Waals surface area contributed by atoms with Crippen LogP contribution in [0.5, 0.6) is 0 Å². The fraction of sp³-hybridized carbons (Fsp3) is 0.188. The Bertz CT molecular complexity index is 1080. The summed E-state index contributed by atoms with van der Waals surface area (Å²) in [4.78, 5) is 11.6. The zero-order valence-corrected chi connectivity index (χ0v) is 14.8. The van der Waals surface area contributed by atoms with Crippen molar-refractivity contribution in [2.45, 2.75) is 11.8 Å². The van der Waals surface area contributed by atoms with Gasteiger partial charge in [-0.05, 0) is 37.3 Å². The molecule has 136 valence electrons. The molecule has 3 rings (SSSR count). The fourth-order valence-corrected chi connectivity index (χ4v) is 3.79. The molecule has 0 saturated heterocycles. The standard InChI is InChI=1S/C16H15FN4O4S/c1-11-18-19-15-7-6-14(9-20(11)15)26(23,24)21(10-16(22)25-2)13-5-3-4-12(17)8-13/h3-9H,10H2,1-2H3. The van der Waals surface area contributed by atoms with Gasteiger partial charge in [0.15, 0.2) is 5.65 Å². The summed E-state index contributed by atoms with van der Waals surface area (Å²) >= 11 is 0. The molecule has 0 atom stereocenters. The molecule has 10 heteroatoms. The summed E-state index contributed by atoms with van der Waals surface area (Å²) in [7, 11) is -3.03. The van der Waals surface area contributed by atoms with E-state index in [1.807, 2.05) is 0 Å². The van der Waals surface area contributed by atoms with E-state index in [0.717, 1.165) is 17.5 Å². The lowest BCUT2D eigenvalue weighted by molar-refractivity contribution is -0.138. The number of hydrogen-bond donors (Lipinski definition) is 0. The van der Waals surface area contributed by atoms with Gasteiger partial charge in [0.05, 0.1) is 12.8 Å². The first-order valence-corrected chi connectivity index (χ1v) is 8.93. The van der Waals surface area contributed by atoms with Crippen LogP contribution in [0, 0.1) is 12.7 Å². The summed E-state index contributed by atoms with van der Waals surface area (Å²) in [6.07, 6.45) is 1.35. The number of carbonyl (C=O) groups is 1. The number of halogens is 1. The van der Waals surface area contributed by atoms with Gasteiger partial charge < -0.3 is 4.74 Å². The maximum Gasteiger partial charge on any atom is 0.326 e. The number of benzene rings is 1. The van der Waals surface area contributed by atoms with Gasteiger partial charge in [-0.25, -0.2) is 12.8 Å². The Hall–Kier alpha value is -3.01. The second-order valence-corrected chi connectivity index (χ2v) is 7.27. The van der Waals surface area contributed by atoms with Crippen LogP contribution in [0.4, 0.5) is 10.1 Å². The van der Waals surface area contributed by atoms with Gasteiger partial charge in [0.2, 0.25) is 0 Å². The summed E-state index contributed by atoms with van der Waals surface area (Å²) in [5.41, 5.74) is 0.489. The van der Waals surface area contributed by atoms with Crippen molar-refractivity contribution in [1.82, 2.24) is 14.6 Å². The van der Waals surface area contributed by atoms with Crippen LogP contribution in [0.3, 0.4) is 0 Å². The van der Waals surface area contributed by atoms with Crippen LogP contribution < -0.4 is 4.31 Å². The largest absolute Gasteiger partial charge is 0.468 e. The number of ether oxygens (including phenoxy) is 1. The molecule has 0 fully saturated rings. The van der Waals surface area contributed by atoms with Gasteiger partial charge in [0.1, 0.15) is 23.1 Å². The molecule has 0 spiro atoms. The van der Waals surface area contributed by atoms with Crippen molar-refractivity contribution in [3.63, 3.8) is 0 Å². The molecule has 8 nitrogen and oxygen atoms in total. The van der Waals surface area contributed by atoms with Crippen LogP contribution >= 0.6 is 0 Å². The fourth-order valence-electron chi connectivity index (χ4n) is 2.39. The van der Waals surface area contributed by atoms with Crippen LogP contribution in [0.25, 0.3) is 5.65 Å². The molecule has 0 unspecified atom stereocenters. The Morgan fingerprint density at radius 2 is 2.04 bits per heavy atom. The predicted molar refractivity (Wildman–Crippen MR) is 90.7 cm³/mol. The Morgan fingerprint density at radius 1 is 1.27 bits per heavy atom. The molecule has 2 heterocycles. The summed E-state index contributed by atoms with van der Waals surface area (Å²) in [6.45, 7) is 1.08. The van der Waals surface area contributed by atoms with E-state index in [2.05, 4.69) is 14.9 Å². The number of nitrogens with zero attached hydrogens (tertiary/aromatic N) is 4. The highest BCUT2D eigenvalue weighted by atomic mass is 32.2. The van der Waals surface area contributed by atoms with Crippen molar-refractivity contribution >= 4 is 27.3 Å². The van der Waals surface area contributed by atoms with Crippen LogP contribution in [0.2, 0.25) is 0 Å². The van der Waals surface area contributed by atoms with Gasteiger partial charge in [0.25, 0.3) is 10.0 Å². The number of esters is 1. The summed E-state index contributed by atoms with van der Waals surface area (Å²) < 4.78 is 46.7. The lowest BCUT2D eigenvalue weighted by Gasteiger charge is -2.23. The Labute approximate surface area is 148 Å². The van der Waals surface area contributed by atoms with Gasteiger partial charge >= 0.3 is 5.97 Å². The molecule has 3 aromatic rings. The van der Waals surface area contributed by atoms with Crippen molar-refractivity contribution in [3.05, 3.63) is 54.2 Å². The highest BCUT2D eigenvalue weighted by molar-refractivity contribution is 7.92. The number of anilines is 1. The number of aryl methyl sites for hydroxylation is 1. The molecule has 26 heavy (non-hydrogen) atoms. The number of hydrogen-bond acceptors (Lipinski definition) is 6. The van der Waals surface area contributed by atoms with Crippen LogP contribution in [-0.2, 0) is 19.6 Å². The minimum absolute atomic E-state index is 0.0102. The van der Waals surface area contributed by atoms with E-state index >= 15 is 0 Å². The third-order valence-electron chi connectivity index (χ3n) is 3.73. The quantitative estimate of drug-likeness (QED) is 0.625. The normalized spacial score (nSPS) is 11.5. The molecule has 1 aromatic carbocycles. The van der Waals surface area contributed by atoms with E-state index in [-0.39, 0.29) is 10.6 Å². The van der Waals surface area contributed by atoms with E-state index in [1.165, 1.54) is 40.9 Å². The molecule has 0 radical (unpaired) electrons. The average Bonchev–Trinajstić information content (AvgIpc) is 2.99. The number of fused-ring (bicyclic) bond motifs is 1. The Morgan fingerprint density at radius 3 is 2.73 bits per heavy atom. The molecule has 0 N–H and O–H groups in total. The molecule has 0 bridgehead atoms. The molecular formula is C16H15FN4O4S. The number of rotatable bonds is 5. The smallest absolute Gasteiger partial charge is 0.326 e. The van der Waals surface area contributed by atoms with Gasteiger partial charge in [-0.15, -0.1) is 10.2 Å². The summed E-state index contributed by atoms with van der Waals surface area (Å²) in [5, 5.41) is 7.77. The maximum absolute atomic E-state index is 13.6.